The van der Waals surface area contributed by atoms with E-state index >= 15 is 0 Å². The molecule has 2 heterocycles. The number of hydrogen-bond donors (Lipinski definition) is 1. The normalized spacial score (nSPS) is 18.9. The van der Waals surface area contributed by atoms with Gasteiger partial charge >= 0.3 is 0 Å². The van der Waals surface area contributed by atoms with Gasteiger partial charge in [0, 0.05) is 24.2 Å². The zero-order chi connectivity index (χ0) is 14.8. The van der Waals surface area contributed by atoms with Crippen LogP contribution < -0.4 is 14.8 Å². The van der Waals surface area contributed by atoms with E-state index in [0.717, 1.165) is 47.6 Å². The summed E-state index contributed by atoms with van der Waals surface area (Å²) in [5, 5.41) is 5.71. The standard InChI is InChI=1S/C16H21N3O2/c1-19-7-5-12(10-19)18-16-13-9-15(21-3)14(20-2)8-11(13)4-6-17-16/h4,6,8-9,12H,5,7,10H2,1-3H3,(H,17,18). The van der Waals surface area contributed by atoms with Gasteiger partial charge in [-0.3, -0.25) is 0 Å². The van der Waals surface area contributed by atoms with Crippen LogP contribution in [0, 0.1) is 0 Å². The zero-order valence-electron chi connectivity index (χ0n) is 12.7. The average Bonchev–Trinajstić information content (AvgIpc) is 2.91. The Hall–Kier alpha value is -2.01. The van der Waals surface area contributed by atoms with E-state index in [-0.39, 0.29) is 0 Å². The van der Waals surface area contributed by atoms with Crippen molar-refractivity contribution in [2.45, 2.75) is 12.5 Å². The molecule has 1 aliphatic rings. The van der Waals surface area contributed by atoms with Crippen molar-refractivity contribution in [2.75, 3.05) is 39.7 Å². The lowest BCUT2D eigenvalue weighted by Gasteiger charge is -2.16. The molecule has 2 aromatic rings. The highest BCUT2D eigenvalue weighted by atomic mass is 16.5. The summed E-state index contributed by atoms with van der Waals surface area (Å²) in [5.41, 5.74) is 0. The molecule has 1 aromatic carbocycles. The van der Waals surface area contributed by atoms with Crippen LogP contribution in [0.1, 0.15) is 6.42 Å². The smallest absolute Gasteiger partial charge is 0.161 e. The maximum absolute atomic E-state index is 5.40. The number of ether oxygens (including phenoxy) is 2. The first-order valence-electron chi connectivity index (χ1n) is 7.17. The Morgan fingerprint density at radius 1 is 1.24 bits per heavy atom. The molecule has 5 nitrogen and oxygen atoms in total. The maximum atomic E-state index is 5.40. The second kappa shape index (κ2) is 5.77. The van der Waals surface area contributed by atoms with E-state index in [1.807, 2.05) is 24.4 Å². The molecule has 0 spiro atoms. The molecule has 1 N–H and O–H groups in total. The molecule has 1 unspecified atom stereocenters. The number of likely N-dealkylation sites (N-methyl/N-ethyl adjacent to an activating group) is 1. The molecule has 112 valence electrons. The Bertz CT molecular complexity index is 645. The van der Waals surface area contributed by atoms with Gasteiger partial charge in [-0.15, -0.1) is 0 Å². The Kier molecular flexibility index (Phi) is 3.84. The summed E-state index contributed by atoms with van der Waals surface area (Å²) in [7, 11) is 5.45. The SMILES string of the molecule is COc1cc2ccnc(NC3CCN(C)C3)c2cc1OC. The number of methoxy groups -OCH3 is 2. The second-order valence-electron chi connectivity index (χ2n) is 5.48. The molecule has 1 fully saturated rings. The van der Waals surface area contributed by atoms with Crippen molar-refractivity contribution in [1.82, 2.24) is 9.88 Å². The van der Waals surface area contributed by atoms with Gasteiger partial charge in [-0.1, -0.05) is 0 Å². The van der Waals surface area contributed by atoms with Gasteiger partial charge in [0.05, 0.1) is 14.2 Å². The average molecular weight is 287 g/mol. The van der Waals surface area contributed by atoms with Crippen LogP contribution in [-0.2, 0) is 0 Å². The van der Waals surface area contributed by atoms with Crippen molar-refractivity contribution >= 4 is 16.6 Å². The molecule has 0 radical (unpaired) electrons. The highest BCUT2D eigenvalue weighted by Gasteiger charge is 2.20. The quantitative estimate of drug-likeness (QED) is 0.935. The molecule has 1 atom stereocenters. The minimum absolute atomic E-state index is 0.446. The van der Waals surface area contributed by atoms with Crippen molar-refractivity contribution < 1.29 is 9.47 Å². The molecule has 0 amide bonds. The van der Waals surface area contributed by atoms with Crippen LogP contribution in [-0.4, -0.2) is 50.3 Å². The van der Waals surface area contributed by atoms with Gasteiger partial charge in [-0.2, -0.15) is 0 Å². The first kappa shape index (κ1) is 13.9. The lowest BCUT2D eigenvalue weighted by Crippen LogP contribution is -2.24. The fourth-order valence-electron chi connectivity index (χ4n) is 2.86. The molecule has 1 aliphatic heterocycles. The zero-order valence-corrected chi connectivity index (χ0v) is 12.7. The van der Waals surface area contributed by atoms with Crippen molar-refractivity contribution in [1.29, 1.82) is 0 Å². The minimum atomic E-state index is 0.446. The van der Waals surface area contributed by atoms with Crippen molar-refractivity contribution in [3.63, 3.8) is 0 Å². The topological polar surface area (TPSA) is 46.6 Å². The first-order valence-corrected chi connectivity index (χ1v) is 7.17. The van der Waals surface area contributed by atoms with Gasteiger partial charge < -0.3 is 19.7 Å². The van der Waals surface area contributed by atoms with Crippen LogP contribution in [0.25, 0.3) is 10.8 Å². The Labute approximate surface area is 124 Å². The number of benzene rings is 1. The molecule has 1 aromatic heterocycles. The van der Waals surface area contributed by atoms with Crippen molar-refractivity contribution in [2.24, 2.45) is 0 Å². The van der Waals surface area contributed by atoms with E-state index in [4.69, 9.17) is 9.47 Å². The summed E-state index contributed by atoms with van der Waals surface area (Å²) in [6.45, 7) is 2.17. The van der Waals surface area contributed by atoms with Crippen LogP contribution in [0.4, 0.5) is 5.82 Å². The predicted octanol–water partition coefficient (Wildman–Crippen LogP) is 2.37. The Morgan fingerprint density at radius 3 is 2.67 bits per heavy atom. The number of hydrogen-bond acceptors (Lipinski definition) is 5. The summed E-state index contributed by atoms with van der Waals surface area (Å²) in [4.78, 5) is 6.83. The van der Waals surface area contributed by atoms with Crippen LogP contribution in [0.3, 0.4) is 0 Å². The van der Waals surface area contributed by atoms with Crippen LogP contribution in [0.2, 0.25) is 0 Å². The van der Waals surface area contributed by atoms with Crippen LogP contribution in [0.5, 0.6) is 11.5 Å². The molecule has 0 aliphatic carbocycles. The Morgan fingerprint density at radius 2 is 2.00 bits per heavy atom. The number of pyridine rings is 1. The number of nitrogens with one attached hydrogen (secondary N) is 1. The van der Waals surface area contributed by atoms with Gasteiger partial charge in [-0.25, -0.2) is 4.98 Å². The molecule has 1 saturated heterocycles. The monoisotopic (exact) mass is 287 g/mol. The first-order chi connectivity index (χ1) is 10.2. The van der Waals surface area contributed by atoms with E-state index in [9.17, 15) is 0 Å². The summed E-state index contributed by atoms with van der Waals surface area (Å²) < 4.78 is 10.8. The van der Waals surface area contributed by atoms with Crippen molar-refractivity contribution in [3.05, 3.63) is 24.4 Å². The Balaban J connectivity index is 1.98. The number of aromatic nitrogens is 1. The molecule has 3 rings (SSSR count). The molecular weight excluding hydrogens is 266 g/mol. The largest absolute Gasteiger partial charge is 0.493 e. The van der Waals surface area contributed by atoms with Gasteiger partial charge in [0.15, 0.2) is 11.5 Å². The van der Waals surface area contributed by atoms with E-state index < -0.39 is 0 Å². The molecule has 0 bridgehead atoms. The van der Waals surface area contributed by atoms with Crippen molar-refractivity contribution in [3.8, 4) is 11.5 Å². The fourth-order valence-corrected chi connectivity index (χ4v) is 2.86. The number of likely N-dealkylation sites (tertiary alicyclic amines) is 1. The number of anilines is 1. The van der Waals surface area contributed by atoms with E-state index in [1.165, 1.54) is 0 Å². The summed E-state index contributed by atoms with van der Waals surface area (Å²) in [6, 6.07) is 6.41. The van der Waals surface area contributed by atoms with E-state index in [0.29, 0.717) is 6.04 Å². The molecular formula is C16H21N3O2. The highest BCUT2D eigenvalue weighted by molar-refractivity contribution is 5.94. The number of rotatable bonds is 4. The van der Waals surface area contributed by atoms with E-state index in [1.54, 1.807) is 14.2 Å². The molecule has 21 heavy (non-hydrogen) atoms. The highest BCUT2D eigenvalue weighted by Crippen LogP contribution is 2.34. The van der Waals surface area contributed by atoms with Crippen LogP contribution in [0.15, 0.2) is 24.4 Å². The van der Waals surface area contributed by atoms with Gasteiger partial charge in [0.2, 0.25) is 0 Å². The summed E-state index contributed by atoms with van der Waals surface area (Å²) in [5.74, 6) is 2.38. The minimum Gasteiger partial charge on any atom is -0.493 e. The second-order valence-corrected chi connectivity index (χ2v) is 5.48. The lowest BCUT2D eigenvalue weighted by molar-refractivity contribution is 0.356. The van der Waals surface area contributed by atoms with Crippen LogP contribution >= 0.6 is 0 Å². The molecule has 5 heteroatoms. The van der Waals surface area contributed by atoms with Gasteiger partial charge in [0.25, 0.3) is 0 Å². The summed E-state index contributed by atoms with van der Waals surface area (Å²) >= 11 is 0. The van der Waals surface area contributed by atoms with Gasteiger partial charge in [0.1, 0.15) is 5.82 Å². The third kappa shape index (κ3) is 2.74. The number of nitrogens with zero attached hydrogens (tertiary/aromatic N) is 2. The summed E-state index contributed by atoms with van der Waals surface area (Å²) in [6.07, 6.45) is 2.97. The van der Waals surface area contributed by atoms with Gasteiger partial charge in [-0.05, 0) is 43.6 Å². The maximum Gasteiger partial charge on any atom is 0.161 e. The lowest BCUT2D eigenvalue weighted by atomic mass is 10.1. The number of fused-ring (bicyclic) bond motifs is 1. The fraction of sp³-hybridized carbons (Fsp3) is 0.438. The predicted molar refractivity (Wildman–Crippen MR) is 84.4 cm³/mol. The van der Waals surface area contributed by atoms with E-state index in [2.05, 4.69) is 22.2 Å². The third-order valence-electron chi connectivity index (χ3n) is 4.00. The molecule has 0 saturated carbocycles. The third-order valence-corrected chi connectivity index (χ3v) is 4.00.